The normalized spacial score (nSPS) is 10.8. The molecular weight excluding hydrogens is 435 g/mol. The fraction of sp³-hybridized carbons (Fsp3) is 0.211. The average Bonchev–Trinajstić information content (AvgIpc) is 3.01. The Balaban J connectivity index is 2.28. The van der Waals surface area contributed by atoms with E-state index in [-0.39, 0.29) is 0 Å². The number of aryl methyl sites for hydroxylation is 1. The van der Waals surface area contributed by atoms with Crippen molar-refractivity contribution in [3.8, 4) is 23.1 Å². The summed E-state index contributed by atoms with van der Waals surface area (Å²) in [5.74, 6) is 0.698. The van der Waals surface area contributed by atoms with Gasteiger partial charge in [-0.2, -0.15) is 5.26 Å². The Kier molecular flexibility index (Phi) is 5.02. The Morgan fingerprint density at radius 2 is 2.08 bits per heavy atom. The fourth-order valence-electron chi connectivity index (χ4n) is 2.86. The van der Waals surface area contributed by atoms with Crippen LogP contribution in [0.2, 0.25) is 5.02 Å². The highest BCUT2D eigenvalue weighted by molar-refractivity contribution is 14.1. The van der Waals surface area contributed by atoms with Crippen LogP contribution in [0, 0.1) is 14.9 Å². The van der Waals surface area contributed by atoms with Crippen molar-refractivity contribution >= 4 is 45.1 Å². The number of ether oxygens (including phenoxy) is 1. The molecule has 0 saturated carbocycles. The molecule has 0 fully saturated rings. The van der Waals surface area contributed by atoms with E-state index in [1.54, 1.807) is 0 Å². The third-order valence-electron chi connectivity index (χ3n) is 4.00. The molecule has 1 N–H and O–H groups in total. The number of benzene rings is 2. The van der Waals surface area contributed by atoms with Crippen molar-refractivity contribution in [3.63, 3.8) is 0 Å². The molecule has 0 saturated heterocycles. The number of H-pyrrole nitrogens is 1. The highest BCUT2D eigenvalue weighted by atomic mass is 127. The first-order valence-corrected chi connectivity index (χ1v) is 9.22. The minimum absolute atomic E-state index is 0.440. The molecule has 3 rings (SSSR count). The largest absolute Gasteiger partial charge is 0.492 e. The number of hydrogen-bond donors (Lipinski definition) is 1. The quantitative estimate of drug-likeness (QED) is 0.501. The molecule has 2 aromatic carbocycles. The van der Waals surface area contributed by atoms with E-state index in [0.717, 1.165) is 26.8 Å². The molecule has 0 aliphatic heterocycles. The van der Waals surface area contributed by atoms with E-state index in [9.17, 15) is 5.26 Å². The first kappa shape index (κ1) is 17.1. The Morgan fingerprint density at radius 1 is 1.29 bits per heavy atom. The lowest BCUT2D eigenvalue weighted by molar-refractivity contribution is 0.339. The molecule has 1 heterocycles. The minimum Gasteiger partial charge on any atom is -0.492 e. The van der Waals surface area contributed by atoms with Gasteiger partial charge in [0.2, 0.25) is 0 Å². The molecule has 0 amide bonds. The van der Waals surface area contributed by atoms with Crippen molar-refractivity contribution in [2.75, 3.05) is 6.61 Å². The molecule has 1 aromatic heterocycles. The van der Waals surface area contributed by atoms with Gasteiger partial charge in [0.15, 0.2) is 0 Å². The van der Waals surface area contributed by atoms with Gasteiger partial charge in [-0.25, -0.2) is 0 Å². The molecule has 122 valence electrons. The number of nitrogens with one attached hydrogen (secondary N) is 1. The van der Waals surface area contributed by atoms with Gasteiger partial charge in [0, 0.05) is 16.5 Å². The van der Waals surface area contributed by atoms with Crippen LogP contribution in [0.15, 0.2) is 30.3 Å². The third kappa shape index (κ3) is 2.87. The van der Waals surface area contributed by atoms with Gasteiger partial charge in [-0.15, -0.1) is 0 Å². The monoisotopic (exact) mass is 450 g/mol. The molecule has 24 heavy (non-hydrogen) atoms. The van der Waals surface area contributed by atoms with Crippen molar-refractivity contribution in [2.45, 2.75) is 20.3 Å². The topological polar surface area (TPSA) is 48.8 Å². The molecule has 5 heteroatoms. The highest BCUT2D eigenvalue weighted by Gasteiger charge is 2.19. The predicted octanol–water partition coefficient (Wildman–Crippen LogP) is 5.93. The summed E-state index contributed by atoms with van der Waals surface area (Å²) in [6, 6.07) is 12.4. The average molecular weight is 451 g/mol. The van der Waals surface area contributed by atoms with E-state index in [0.29, 0.717) is 22.9 Å². The Labute approximate surface area is 159 Å². The zero-order valence-corrected chi connectivity index (χ0v) is 16.3. The number of rotatable bonds is 4. The lowest BCUT2D eigenvalue weighted by atomic mass is 10.1. The van der Waals surface area contributed by atoms with E-state index in [1.165, 1.54) is 10.9 Å². The van der Waals surface area contributed by atoms with Crippen LogP contribution < -0.4 is 4.74 Å². The van der Waals surface area contributed by atoms with E-state index >= 15 is 0 Å². The van der Waals surface area contributed by atoms with Crippen LogP contribution >= 0.6 is 34.2 Å². The maximum absolute atomic E-state index is 9.33. The van der Waals surface area contributed by atoms with Crippen molar-refractivity contribution in [2.24, 2.45) is 0 Å². The molecule has 0 aliphatic rings. The summed E-state index contributed by atoms with van der Waals surface area (Å²) in [5.41, 5.74) is 4.65. The number of aromatic amines is 1. The zero-order valence-electron chi connectivity index (χ0n) is 13.4. The molecule has 0 unspecified atom stereocenters. The van der Waals surface area contributed by atoms with E-state index in [4.69, 9.17) is 16.3 Å². The van der Waals surface area contributed by atoms with E-state index in [2.05, 4.69) is 64.8 Å². The molecule has 0 aliphatic carbocycles. The SMILES string of the molecule is CCOc1c(-c2cc3c(CC)cccc3[nH]2)cc(Cl)c(C#N)c1I. The maximum Gasteiger partial charge on any atom is 0.143 e. The zero-order chi connectivity index (χ0) is 17.3. The summed E-state index contributed by atoms with van der Waals surface area (Å²) in [7, 11) is 0. The lowest BCUT2D eigenvalue weighted by Crippen LogP contribution is -1.99. The molecule has 0 radical (unpaired) electrons. The van der Waals surface area contributed by atoms with E-state index < -0.39 is 0 Å². The Bertz CT molecular complexity index is 956. The summed E-state index contributed by atoms with van der Waals surface area (Å²) < 4.78 is 6.58. The molecule has 3 nitrogen and oxygen atoms in total. The summed E-state index contributed by atoms with van der Waals surface area (Å²) in [6.07, 6.45) is 0.971. The van der Waals surface area contributed by atoms with Gasteiger partial charge in [0.1, 0.15) is 11.8 Å². The second-order valence-corrected chi connectivity index (χ2v) is 6.87. The summed E-state index contributed by atoms with van der Waals surface area (Å²) in [4.78, 5) is 3.45. The number of aromatic nitrogens is 1. The second-order valence-electron chi connectivity index (χ2n) is 5.38. The van der Waals surface area contributed by atoms with Gasteiger partial charge in [0.05, 0.1) is 26.5 Å². The number of fused-ring (bicyclic) bond motifs is 1. The number of nitriles is 1. The van der Waals surface area contributed by atoms with Crippen LogP contribution in [0.25, 0.3) is 22.2 Å². The van der Waals surface area contributed by atoms with Crippen LogP contribution in [0.4, 0.5) is 0 Å². The predicted molar refractivity (Wildman–Crippen MR) is 107 cm³/mol. The smallest absolute Gasteiger partial charge is 0.143 e. The molecule has 0 atom stereocenters. The fourth-order valence-corrected chi connectivity index (χ4v) is 4.12. The van der Waals surface area contributed by atoms with Crippen molar-refractivity contribution in [3.05, 3.63) is 50.1 Å². The van der Waals surface area contributed by atoms with Crippen LogP contribution in [0.3, 0.4) is 0 Å². The van der Waals surface area contributed by atoms with Gasteiger partial charge < -0.3 is 9.72 Å². The van der Waals surface area contributed by atoms with Crippen LogP contribution in [-0.4, -0.2) is 11.6 Å². The van der Waals surface area contributed by atoms with Gasteiger partial charge in [-0.05, 0) is 59.7 Å². The first-order valence-electron chi connectivity index (χ1n) is 7.76. The number of halogens is 2. The minimum atomic E-state index is 0.440. The van der Waals surface area contributed by atoms with Crippen molar-refractivity contribution in [1.82, 2.24) is 4.98 Å². The van der Waals surface area contributed by atoms with Crippen LogP contribution in [-0.2, 0) is 6.42 Å². The van der Waals surface area contributed by atoms with Gasteiger partial charge in [-0.3, -0.25) is 0 Å². The van der Waals surface area contributed by atoms with E-state index in [1.807, 2.05) is 13.0 Å². The Hall–Kier alpha value is -1.71. The maximum atomic E-state index is 9.33. The highest BCUT2D eigenvalue weighted by Crippen LogP contribution is 2.40. The van der Waals surface area contributed by atoms with Crippen molar-refractivity contribution < 1.29 is 4.74 Å². The molecule has 0 spiro atoms. The van der Waals surface area contributed by atoms with Gasteiger partial charge in [-0.1, -0.05) is 30.7 Å². The first-order chi connectivity index (χ1) is 11.6. The Morgan fingerprint density at radius 3 is 2.75 bits per heavy atom. The summed E-state index contributed by atoms with van der Waals surface area (Å²) >= 11 is 8.45. The van der Waals surface area contributed by atoms with Crippen LogP contribution in [0.5, 0.6) is 5.75 Å². The van der Waals surface area contributed by atoms with Crippen LogP contribution in [0.1, 0.15) is 25.0 Å². The van der Waals surface area contributed by atoms with Gasteiger partial charge in [0.25, 0.3) is 0 Å². The second kappa shape index (κ2) is 7.04. The lowest BCUT2D eigenvalue weighted by Gasteiger charge is -2.13. The van der Waals surface area contributed by atoms with Crippen molar-refractivity contribution in [1.29, 1.82) is 5.26 Å². The molecular formula is C19H16ClIN2O. The number of nitrogens with zero attached hydrogens (tertiary/aromatic N) is 1. The van der Waals surface area contributed by atoms with Gasteiger partial charge >= 0.3 is 0 Å². The standard InChI is InChI=1S/C19H16ClIN2O/c1-3-11-6-5-7-16-12(11)9-17(23-16)13-8-15(20)14(10-22)18(21)19(13)24-4-2/h5-9,23H,3-4H2,1-2H3. The number of hydrogen-bond acceptors (Lipinski definition) is 2. The molecule has 3 aromatic rings. The molecule has 0 bridgehead atoms. The third-order valence-corrected chi connectivity index (χ3v) is 5.33. The summed E-state index contributed by atoms with van der Waals surface area (Å²) in [6.45, 7) is 4.60. The summed E-state index contributed by atoms with van der Waals surface area (Å²) in [5, 5.41) is 11.0.